The number of ether oxygens (including phenoxy) is 1. The predicted octanol–water partition coefficient (Wildman–Crippen LogP) is 0.721. The second-order valence-electron chi connectivity index (χ2n) is 5.65. The molecule has 0 aromatic carbocycles. The standard InChI is InChI=1S/C12H22N4O3S/c1-4-16-8-10(11(13)14-16)20(17,18)15-9-5-6-19-12(2,3)7-9/h8-9,15H,4-7H2,1-3H3,(H2,13,14). The van der Waals surface area contributed by atoms with Crippen LogP contribution >= 0.6 is 0 Å². The van der Waals surface area contributed by atoms with Crippen LogP contribution in [0.4, 0.5) is 5.82 Å². The highest BCUT2D eigenvalue weighted by Crippen LogP contribution is 2.26. The van der Waals surface area contributed by atoms with Gasteiger partial charge in [-0.15, -0.1) is 0 Å². The van der Waals surface area contributed by atoms with E-state index in [1.165, 1.54) is 10.9 Å². The molecule has 1 saturated heterocycles. The Morgan fingerprint density at radius 1 is 1.60 bits per heavy atom. The number of nitrogens with one attached hydrogen (secondary N) is 1. The summed E-state index contributed by atoms with van der Waals surface area (Å²) in [7, 11) is -3.64. The van der Waals surface area contributed by atoms with Gasteiger partial charge in [-0.2, -0.15) is 5.10 Å². The second kappa shape index (κ2) is 5.34. The number of aryl methyl sites for hydroxylation is 1. The fraction of sp³-hybridized carbons (Fsp3) is 0.750. The second-order valence-corrected chi connectivity index (χ2v) is 7.34. The third kappa shape index (κ3) is 3.31. The molecule has 1 aliphatic heterocycles. The molecule has 7 nitrogen and oxygen atoms in total. The molecule has 8 heteroatoms. The highest BCUT2D eigenvalue weighted by molar-refractivity contribution is 7.89. The number of anilines is 1. The number of hydrogen-bond acceptors (Lipinski definition) is 5. The Kier molecular flexibility index (Phi) is 4.08. The van der Waals surface area contributed by atoms with Crippen LogP contribution in [0.2, 0.25) is 0 Å². The number of hydrogen-bond donors (Lipinski definition) is 2. The monoisotopic (exact) mass is 302 g/mol. The fourth-order valence-corrected chi connectivity index (χ4v) is 3.75. The third-order valence-electron chi connectivity index (χ3n) is 3.39. The molecular formula is C12H22N4O3S. The maximum atomic E-state index is 12.4. The van der Waals surface area contributed by atoms with Gasteiger partial charge in [-0.05, 0) is 33.6 Å². The number of nitrogen functional groups attached to an aromatic ring is 1. The predicted molar refractivity (Wildman–Crippen MR) is 75.7 cm³/mol. The van der Waals surface area contributed by atoms with Crippen LogP contribution in [-0.4, -0.2) is 36.4 Å². The molecule has 1 aromatic heterocycles. The summed E-state index contributed by atoms with van der Waals surface area (Å²) in [6, 6.07) is -0.145. The summed E-state index contributed by atoms with van der Waals surface area (Å²) in [5, 5.41) is 3.97. The van der Waals surface area contributed by atoms with Crippen LogP contribution in [0, 0.1) is 0 Å². The Hall–Kier alpha value is -1.12. The van der Waals surface area contributed by atoms with Crippen LogP contribution in [0.1, 0.15) is 33.6 Å². The largest absolute Gasteiger partial charge is 0.381 e. The van der Waals surface area contributed by atoms with E-state index in [9.17, 15) is 8.42 Å². The van der Waals surface area contributed by atoms with Crippen molar-refractivity contribution >= 4 is 15.8 Å². The van der Waals surface area contributed by atoms with Gasteiger partial charge in [0.25, 0.3) is 0 Å². The van der Waals surface area contributed by atoms with Crippen molar-refractivity contribution in [3.8, 4) is 0 Å². The molecule has 1 unspecified atom stereocenters. The van der Waals surface area contributed by atoms with Crippen molar-refractivity contribution in [3.05, 3.63) is 6.20 Å². The number of sulfonamides is 1. The number of nitrogens with zero attached hydrogens (tertiary/aromatic N) is 2. The van der Waals surface area contributed by atoms with E-state index >= 15 is 0 Å². The summed E-state index contributed by atoms with van der Waals surface area (Å²) in [5.41, 5.74) is 5.37. The van der Waals surface area contributed by atoms with E-state index in [0.29, 0.717) is 26.0 Å². The topological polar surface area (TPSA) is 99.2 Å². The van der Waals surface area contributed by atoms with Crippen molar-refractivity contribution in [2.24, 2.45) is 0 Å². The van der Waals surface area contributed by atoms with Crippen molar-refractivity contribution in [2.75, 3.05) is 12.3 Å². The van der Waals surface area contributed by atoms with Gasteiger partial charge in [0.15, 0.2) is 5.82 Å². The molecule has 0 bridgehead atoms. The highest BCUT2D eigenvalue weighted by atomic mass is 32.2. The maximum Gasteiger partial charge on any atom is 0.246 e. The lowest BCUT2D eigenvalue weighted by Crippen LogP contribution is -2.45. The van der Waals surface area contributed by atoms with Gasteiger partial charge in [-0.25, -0.2) is 13.1 Å². The minimum atomic E-state index is -3.64. The molecule has 3 N–H and O–H groups in total. The Bertz CT molecular complexity index is 580. The zero-order chi connectivity index (χ0) is 15.0. The van der Waals surface area contributed by atoms with E-state index < -0.39 is 10.0 Å². The molecule has 0 radical (unpaired) electrons. The van der Waals surface area contributed by atoms with E-state index in [1.54, 1.807) is 0 Å². The number of rotatable bonds is 4. The van der Waals surface area contributed by atoms with Gasteiger partial charge in [-0.1, -0.05) is 0 Å². The molecule has 1 atom stereocenters. The summed E-state index contributed by atoms with van der Waals surface area (Å²) >= 11 is 0. The molecule has 0 amide bonds. The van der Waals surface area contributed by atoms with E-state index in [2.05, 4.69) is 9.82 Å². The summed E-state index contributed by atoms with van der Waals surface area (Å²) in [6.45, 7) is 6.90. The molecule has 2 rings (SSSR count). The molecule has 0 saturated carbocycles. The number of aromatic nitrogens is 2. The lowest BCUT2D eigenvalue weighted by Gasteiger charge is -2.35. The highest BCUT2D eigenvalue weighted by Gasteiger charge is 2.32. The van der Waals surface area contributed by atoms with Gasteiger partial charge in [0.05, 0.1) is 5.60 Å². The van der Waals surface area contributed by atoms with Crippen LogP contribution in [-0.2, 0) is 21.3 Å². The molecule has 1 aliphatic rings. The van der Waals surface area contributed by atoms with Crippen LogP contribution in [0.3, 0.4) is 0 Å². The van der Waals surface area contributed by atoms with E-state index in [1.807, 2.05) is 20.8 Å². The minimum Gasteiger partial charge on any atom is -0.381 e. The van der Waals surface area contributed by atoms with Crippen molar-refractivity contribution in [1.29, 1.82) is 0 Å². The zero-order valence-electron chi connectivity index (χ0n) is 12.1. The average Bonchev–Trinajstić information content (AvgIpc) is 2.69. The molecule has 2 heterocycles. The first-order valence-corrected chi connectivity index (χ1v) is 8.21. The molecule has 114 valence electrons. The molecular weight excluding hydrogens is 280 g/mol. The Labute approximate surface area is 119 Å². The maximum absolute atomic E-state index is 12.4. The average molecular weight is 302 g/mol. The van der Waals surface area contributed by atoms with Crippen molar-refractivity contribution < 1.29 is 13.2 Å². The molecule has 0 aliphatic carbocycles. The summed E-state index contributed by atoms with van der Waals surface area (Å²) in [4.78, 5) is 0.0450. The van der Waals surface area contributed by atoms with Crippen molar-refractivity contribution in [1.82, 2.24) is 14.5 Å². The quantitative estimate of drug-likeness (QED) is 0.854. The third-order valence-corrected chi connectivity index (χ3v) is 4.92. The summed E-state index contributed by atoms with van der Waals surface area (Å²) in [5.74, 6) is 0.0330. The molecule has 0 spiro atoms. The fourth-order valence-electron chi connectivity index (χ4n) is 2.40. The van der Waals surface area contributed by atoms with Crippen LogP contribution in [0.5, 0.6) is 0 Å². The number of nitrogens with two attached hydrogens (primary N) is 1. The van der Waals surface area contributed by atoms with Gasteiger partial charge in [-0.3, -0.25) is 4.68 Å². The first-order valence-electron chi connectivity index (χ1n) is 6.73. The first-order chi connectivity index (χ1) is 9.23. The van der Waals surface area contributed by atoms with Gasteiger partial charge < -0.3 is 10.5 Å². The van der Waals surface area contributed by atoms with E-state index in [4.69, 9.17) is 10.5 Å². The summed E-state index contributed by atoms with van der Waals surface area (Å²) in [6.07, 6.45) is 2.75. The Balaban J connectivity index is 2.16. The first kappa shape index (κ1) is 15.3. The lowest BCUT2D eigenvalue weighted by molar-refractivity contribution is -0.0599. The van der Waals surface area contributed by atoms with Crippen LogP contribution in [0.25, 0.3) is 0 Å². The van der Waals surface area contributed by atoms with Crippen LogP contribution < -0.4 is 10.5 Å². The van der Waals surface area contributed by atoms with Gasteiger partial charge in [0.2, 0.25) is 10.0 Å². The Morgan fingerprint density at radius 2 is 2.30 bits per heavy atom. The van der Waals surface area contributed by atoms with E-state index in [0.717, 1.165) is 0 Å². The van der Waals surface area contributed by atoms with E-state index in [-0.39, 0.29) is 22.4 Å². The van der Waals surface area contributed by atoms with Crippen molar-refractivity contribution in [2.45, 2.75) is 56.7 Å². The molecule has 1 aromatic rings. The van der Waals surface area contributed by atoms with Gasteiger partial charge in [0, 0.05) is 25.4 Å². The smallest absolute Gasteiger partial charge is 0.246 e. The lowest BCUT2D eigenvalue weighted by atomic mass is 9.95. The minimum absolute atomic E-state index is 0.0330. The molecule has 20 heavy (non-hydrogen) atoms. The normalized spacial score (nSPS) is 22.9. The Morgan fingerprint density at radius 3 is 2.85 bits per heavy atom. The van der Waals surface area contributed by atoms with Gasteiger partial charge >= 0.3 is 0 Å². The zero-order valence-corrected chi connectivity index (χ0v) is 12.9. The molecule has 1 fully saturated rings. The van der Waals surface area contributed by atoms with Crippen LogP contribution in [0.15, 0.2) is 11.1 Å². The van der Waals surface area contributed by atoms with Gasteiger partial charge in [0.1, 0.15) is 4.90 Å². The SMILES string of the molecule is CCn1cc(S(=O)(=O)NC2CCOC(C)(C)C2)c(N)n1. The van der Waals surface area contributed by atoms with Crippen molar-refractivity contribution in [3.63, 3.8) is 0 Å². The summed E-state index contributed by atoms with van der Waals surface area (Å²) < 4.78 is 34.6.